The van der Waals surface area contributed by atoms with Crippen LogP contribution in [0.4, 0.5) is 0 Å². The molecule has 0 atom stereocenters. The first-order valence-electron chi connectivity index (χ1n) is 13.5. The molecule has 8 heteroatoms. The fraction of sp³-hybridized carbons (Fsp3) is 0.152. The van der Waals surface area contributed by atoms with Gasteiger partial charge in [0, 0.05) is 22.9 Å². The van der Waals surface area contributed by atoms with E-state index in [4.69, 9.17) is 19.2 Å². The number of hydrogen-bond donors (Lipinski definition) is 0. The molecular formula is C33H27N5O2S. The SMILES string of the molecule is COc1ccc(Cc2nnc3sc(-c4cc(-c5ccc(-c6ccc(C(C)C)cc6)o5)nc5ccccc45)nn23)cc1. The van der Waals surface area contributed by atoms with Gasteiger partial charge in [0.2, 0.25) is 4.96 Å². The standard InChI is InChI=1S/C33H27N5O2S/c1-20(2)22-10-12-23(13-11-22)29-16-17-30(40-29)28-19-26(25-6-4-5-7-27(25)34-28)32-37-38-31(35-36-33(38)41-32)18-21-8-14-24(39-3)15-9-21/h4-17,19-20H,18H2,1-3H3. The molecule has 0 aliphatic rings. The molecule has 0 fully saturated rings. The number of rotatable bonds is 7. The number of methoxy groups -OCH3 is 1. The lowest BCUT2D eigenvalue weighted by Gasteiger charge is -2.07. The van der Waals surface area contributed by atoms with Gasteiger partial charge in [0.15, 0.2) is 11.6 Å². The quantitative estimate of drug-likeness (QED) is 0.197. The monoisotopic (exact) mass is 557 g/mol. The third kappa shape index (κ3) is 4.76. The predicted molar refractivity (Wildman–Crippen MR) is 162 cm³/mol. The molecule has 0 bridgehead atoms. The van der Waals surface area contributed by atoms with Gasteiger partial charge in [-0.15, -0.1) is 10.2 Å². The third-order valence-electron chi connectivity index (χ3n) is 7.24. The minimum Gasteiger partial charge on any atom is -0.497 e. The van der Waals surface area contributed by atoms with Crippen molar-refractivity contribution in [2.45, 2.75) is 26.2 Å². The molecule has 0 aliphatic carbocycles. The van der Waals surface area contributed by atoms with Crippen molar-refractivity contribution in [3.63, 3.8) is 0 Å². The van der Waals surface area contributed by atoms with E-state index in [1.807, 2.05) is 59.1 Å². The average molecular weight is 558 g/mol. The molecule has 202 valence electrons. The number of furan rings is 1. The first-order valence-corrected chi connectivity index (χ1v) is 14.3. The Bertz CT molecular complexity index is 1980. The predicted octanol–water partition coefficient (Wildman–Crippen LogP) is 8.05. The number of benzene rings is 3. The van der Waals surface area contributed by atoms with E-state index < -0.39 is 0 Å². The molecule has 4 aromatic heterocycles. The summed E-state index contributed by atoms with van der Waals surface area (Å²) in [4.78, 5) is 5.69. The van der Waals surface area contributed by atoms with Crippen molar-refractivity contribution in [1.29, 1.82) is 0 Å². The number of para-hydroxylation sites is 1. The molecule has 7 rings (SSSR count). The second kappa shape index (κ2) is 10.3. The van der Waals surface area contributed by atoms with Crippen LogP contribution in [0.2, 0.25) is 0 Å². The lowest BCUT2D eigenvalue weighted by molar-refractivity contribution is 0.414. The van der Waals surface area contributed by atoms with E-state index in [9.17, 15) is 0 Å². The van der Waals surface area contributed by atoms with E-state index in [0.29, 0.717) is 18.1 Å². The Hall–Kier alpha value is -4.82. The molecule has 0 spiro atoms. The average Bonchev–Trinajstić information content (AvgIpc) is 3.75. The number of pyridine rings is 1. The lowest BCUT2D eigenvalue weighted by Crippen LogP contribution is -1.98. The van der Waals surface area contributed by atoms with Gasteiger partial charge in [0.05, 0.1) is 12.6 Å². The molecule has 0 saturated carbocycles. The maximum Gasteiger partial charge on any atom is 0.234 e. The lowest BCUT2D eigenvalue weighted by atomic mass is 10.0. The molecule has 4 heterocycles. The summed E-state index contributed by atoms with van der Waals surface area (Å²) >= 11 is 1.51. The van der Waals surface area contributed by atoms with Gasteiger partial charge < -0.3 is 9.15 Å². The Morgan fingerprint density at radius 2 is 1.66 bits per heavy atom. The van der Waals surface area contributed by atoms with Gasteiger partial charge in [-0.3, -0.25) is 0 Å². The van der Waals surface area contributed by atoms with Gasteiger partial charge in [0.1, 0.15) is 22.2 Å². The Kier molecular flexibility index (Phi) is 6.32. The highest BCUT2D eigenvalue weighted by molar-refractivity contribution is 7.19. The second-order valence-electron chi connectivity index (χ2n) is 10.3. The molecule has 0 N–H and O–H groups in total. The van der Waals surface area contributed by atoms with Crippen molar-refractivity contribution in [3.8, 4) is 39.1 Å². The molecule has 0 aliphatic heterocycles. The summed E-state index contributed by atoms with van der Waals surface area (Å²) in [5, 5.41) is 15.7. The van der Waals surface area contributed by atoms with Crippen LogP contribution in [0.1, 0.15) is 36.7 Å². The molecule has 0 saturated heterocycles. The van der Waals surface area contributed by atoms with E-state index in [2.05, 4.69) is 60.4 Å². The fourth-order valence-electron chi connectivity index (χ4n) is 4.94. The van der Waals surface area contributed by atoms with E-state index in [0.717, 1.165) is 60.6 Å². The van der Waals surface area contributed by atoms with E-state index in [-0.39, 0.29) is 0 Å². The van der Waals surface area contributed by atoms with Crippen molar-refractivity contribution in [2.24, 2.45) is 0 Å². The van der Waals surface area contributed by atoms with Crippen LogP contribution in [0, 0.1) is 0 Å². The number of aromatic nitrogens is 5. The van der Waals surface area contributed by atoms with Gasteiger partial charge in [-0.25, -0.2) is 4.98 Å². The molecular weight excluding hydrogens is 530 g/mol. The number of ether oxygens (including phenoxy) is 1. The van der Waals surface area contributed by atoms with E-state index in [1.165, 1.54) is 16.9 Å². The molecule has 7 nitrogen and oxygen atoms in total. The van der Waals surface area contributed by atoms with Crippen LogP contribution in [0.3, 0.4) is 0 Å². The first-order chi connectivity index (χ1) is 20.1. The third-order valence-corrected chi connectivity index (χ3v) is 8.18. The summed E-state index contributed by atoms with van der Waals surface area (Å²) in [6.45, 7) is 4.39. The normalized spacial score (nSPS) is 11.6. The van der Waals surface area contributed by atoms with Crippen LogP contribution in [-0.4, -0.2) is 31.9 Å². The van der Waals surface area contributed by atoms with Gasteiger partial charge in [0.25, 0.3) is 0 Å². The van der Waals surface area contributed by atoms with E-state index >= 15 is 0 Å². The van der Waals surface area contributed by atoms with Crippen LogP contribution in [0.25, 0.3) is 49.2 Å². The molecule has 0 unspecified atom stereocenters. The Morgan fingerprint density at radius 1 is 0.878 bits per heavy atom. The maximum absolute atomic E-state index is 6.33. The van der Waals surface area contributed by atoms with Gasteiger partial charge in [-0.05, 0) is 53.4 Å². The fourth-order valence-corrected chi connectivity index (χ4v) is 5.83. The zero-order valence-electron chi connectivity index (χ0n) is 22.9. The number of nitrogens with zero attached hydrogens (tertiary/aromatic N) is 5. The Labute approximate surface area is 241 Å². The topological polar surface area (TPSA) is 78.3 Å². The molecule has 7 aromatic rings. The van der Waals surface area contributed by atoms with Crippen LogP contribution in [0.15, 0.2) is 95.4 Å². The van der Waals surface area contributed by atoms with Gasteiger partial charge >= 0.3 is 0 Å². The zero-order valence-corrected chi connectivity index (χ0v) is 23.7. The summed E-state index contributed by atoms with van der Waals surface area (Å²) in [5.41, 5.74) is 6.07. The smallest absolute Gasteiger partial charge is 0.234 e. The zero-order chi connectivity index (χ0) is 27.9. The Balaban J connectivity index is 1.26. The van der Waals surface area contributed by atoms with Crippen molar-refractivity contribution in [2.75, 3.05) is 7.11 Å². The van der Waals surface area contributed by atoms with Gasteiger partial charge in [-0.2, -0.15) is 9.61 Å². The summed E-state index contributed by atoms with van der Waals surface area (Å²) in [5.74, 6) is 3.62. The minimum absolute atomic E-state index is 0.486. The van der Waals surface area contributed by atoms with Crippen LogP contribution in [0.5, 0.6) is 5.75 Å². The highest BCUT2D eigenvalue weighted by Gasteiger charge is 2.18. The summed E-state index contributed by atoms with van der Waals surface area (Å²) in [6.07, 6.45) is 0.615. The van der Waals surface area contributed by atoms with Crippen LogP contribution in [-0.2, 0) is 6.42 Å². The number of fused-ring (bicyclic) bond motifs is 2. The molecule has 41 heavy (non-hydrogen) atoms. The molecule has 0 radical (unpaired) electrons. The highest BCUT2D eigenvalue weighted by Crippen LogP contribution is 2.36. The number of hydrogen-bond acceptors (Lipinski definition) is 7. The van der Waals surface area contributed by atoms with Crippen molar-refractivity contribution < 1.29 is 9.15 Å². The largest absolute Gasteiger partial charge is 0.497 e. The summed E-state index contributed by atoms with van der Waals surface area (Å²) < 4.78 is 13.4. The molecule has 3 aromatic carbocycles. The highest BCUT2D eigenvalue weighted by atomic mass is 32.1. The Morgan fingerprint density at radius 3 is 2.44 bits per heavy atom. The van der Waals surface area contributed by atoms with Crippen molar-refractivity contribution in [1.82, 2.24) is 24.8 Å². The van der Waals surface area contributed by atoms with Crippen molar-refractivity contribution in [3.05, 3.63) is 108 Å². The van der Waals surface area contributed by atoms with Gasteiger partial charge in [-0.1, -0.05) is 79.8 Å². The van der Waals surface area contributed by atoms with E-state index in [1.54, 1.807) is 7.11 Å². The minimum atomic E-state index is 0.486. The second-order valence-corrected chi connectivity index (χ2v) is 11.2. The van der Waals surface area contributed by atoms with Crippen LogP contribution >= 0.6 is 11.3 Å². The molecule has 0 amide bonds. The first kappa shape index (κ1) is 25.2. The van der Waals surface area contributed by atoms with Crippen molar-refractivity contribution >= 4 is 27.2 Å². The van der Waals surface area contributed by atoms with Crippen LogP contribution < -0.4 is 4.74 Å². The summed E-state index contributed by atoms with van der Waals surface area (Å²) in [7, 11) is 1.67. The maximum atomic E-state index is 6.33. The summed E-state index contributed by atoms with van der Waals surface area (Å²) in [6, 6.07) is 30.7.